The number of amides is 1. The maximum atomic E-state index is 12.8. The summed E-state index contributed by atoms with van der Waals surface area (Å²) >= 11 is 0. The summed E-state index contributed by atoms with van der Waals surface area (Å²) in [6.45, 7) is 0. The second kappa shape index (κ2) is 7.98. The first-order valence-electron chi connectivity index (χ1n) is 9.15. The van der Waals surface area contributed by atoms with Crippen molar-refractivity contribution in [3.05, 3.63) is 100.0 Å². The van der Waals surface area contributed by atoms with Gasteiger partial charge >= 0.3 is 0 Å². The molecule has 1 amide bonds. The molecule has 0 radical (unpaired) electrons. The molecule has 0 aliphatic heterocycles. The molecule has 1 aromatic heterocycles. The van der Waals surface area contributed by atoms with E-state index in [2.05, 4.69) is 15.5 Å². The molecule has 6 heteroatoms. The topological polar surface area (TPSA) is 84.1 Å². The Hall–Kier alpha value is -3.93. The molecule has 0 aliphatic carbocycles. The molecule has 3 aromatic carbocycles. The van der Waals surface area contributed by atoms with E-state index in [-0.39, 0.29) is 11.3 Å². The molecular formula is C23H19N3O3. The number of carbonyl (C=O) groups excluding carboxylic acids is 1. The van der Waals surface area contributed by atoms with E-state index >= 15 is 0 Å². The monoisotopic (exact) mass is 385 g/mol. The molecule has 0 unspecified atom stereocenters. The van der Waals surface area contributed by atoms with Gasteiger partial charge in [0.1, 0.15) is 5.75 Å². The molecule has 4 aromatic rings. The summed E-state index contributed by atoms with van der Waals surface area (Å²) in [5.41, 5.74) is 2.56. The van der Waals surface area contributed by atoms with Crippen molar-refractivity contribution in [2.24, 2.45) is 0 Å². The molecule has 2 N–H and O–H groups in total. The van der Waals surface area contributed by atoms with Gasteiger partial charge < -0.3 is 10.1 Å². The van der Waals surface area contributed by atoms with Crippen LogP contribution in [0.5, 0.6) is 5.75 Å². The maximum absolute atomic E-state index is 12.8. The van der Waals surface area contributed by atoms with Gasteiger partial charge in [0.2, 0.25) is 0 Å². The number of benzene rings is 3. The van der Waals surface area contributed by atoms with Gasteiger partial charge in [0.05, 0.1) is 12.5 Å². The van der Waals surface area contributed by atoms with Crippen molar-refractivity contribution in [1.82, 2.24) is 10.2 Å². The Labute approximate surface area is 167 Å². The third-order valence-corrected chi connectivity index (χ3v) is 4.69. The largest absolute Gasteiger partial charge is 0.496 e. The summed E-state index contributed by atoms with van der Waals surface area (Å²) in [5.74, 6) is 0.354. The number of aromatic nitrogens is 2. The average Bonchev–Trinajstić information content (AvgIpc) is 2.75. The number of H-pyrrole nitrogens is 1. The fraction of sp³-hybridized carbons (Fsp3) is 0.0870. The van der Waals surface area contributed by atoms with Crippen molar-refractivity contribution in [1.29, 1.82) is 0 Å². The highest BCUT2D eigenvalue weighted by atomic mass is 16.5. The minimum absolute atomic E-state index is 0.167. The van der Waals surface area contributed by atoms with Crippen LogP contribution in [0, 0.1) is 0 Å². The predicted octanol–water partition coefficient (Wildman–Crippen LogP) is 3.77. The SMILES string of the molecule is COc1ccc(NC(=O)c2n[nH]c(=O)c3ccccc23)cc1Cc1ccccc1. The summed E-state index contributed by atoms with van der Waals surface area (Å²) in [5, 5.41) is 10.1. The molecule has 0 saturated heterocycles. The summed E-state index contributed by atoms with van der Waals surface area (Å²) < 4.78 is 5.47. The highest BCUT2D eigenvalue weighted by Crippen LogP contribution is 2.26. The fourth-order valence-electron chi connectivity index (χ4n) is 3.29. The Morgan fingerprint density at radius 1 is 1.00 bits per heavy atom. The van der Waals surface area contributed by atoms with E-state index in [1.165, 1.54) is 0 Å². The Morgan fingerprint density at radius 3 is 2.48 bits per heavy atom. The van der Waals surface area contributed by atoms with E-state index in [0.29, 0.717) is 22.9 Å². The number of hydrogen-bond acceptors (Lipinski definition) is 4. The van der Waals surface area contributed by atoms with Gasteiger partial charge in [0.25, 0.3) is 11.5 Å². The third-order valence-electron chi connectivity index (χ3n) is 4.69. The molecule has 0 atom stereocenters. The number of rotatable bonds is 5. The molecule has 29 heavy (non-hydrogen) atoms. The lowest BCUT2D eigenvalue weighted by Gasteiger charge is -2.12. The third kappa shape index (κ3) is 3.87. The van der Waals surface area contributed by atoms with Crippen molar-refractivity contribution in [3.8, 4) is 5.75 Å². The van der Waals surface area contributed by atoms with Gasteiger partial charge in [-0.2, -0.15) is 5.10 Å². The van der Waals surface area contributed by atoms with Gasteiger partial charge in [-0.15, -0.1) is 0 Å². The van der Waals surface area contributed by atoms with Gasteiger partial charge in [-0.1, -0.05) is 48.5 Å². The summed E-state index contributed by atoms with van der Waals surface area (Å²) in [7, 11) is 1.62. The van der Waals surface area contributed by atoms with Crippen LogP contribution in [0.2, 0.25) is 0 Å². The van der Waals surface area contributed by atoms with E-state index in [1.807, 2.05) is 42.5 Å². The predicted molar refractivity (Wildman–Crippen MR) is 113 cm³/mol. The molecule has 4 rings (SSSR count). The second-order valence-electron chi connectivity index (χ2n) is 6.59. The summed E-state index contributed by atoms with van der Waals surface area (Å²) in [6, 6.07) is 22.4. The number of hydrogen-bond donors (Lipinski definition) is 2. The van der Waals surface area contributed by atoms with Crippen LogP contribution < -0.4 is 15.6 Å². The number of nitrogens with one attached hydrogen (secondary N) is 2. The summed E-state index contributed by atoms with van der Waals surface area (Å²) in [6.07, 6.45) is 0.674. The first-order chi connectivity index (χ1) is 14.2. The highest BCUT2D eigenvalue weighted by Gasteiger charge is 2.15. The van der Waals surface area contributed by atoms with Gasteiger partial charge in [-0.3, -0.25) is 9.59 Å². The molecule has 0 fully saturated rings. The lowest BCUT2D eigenvalue weighted by atomic mass is 10.0. The van der Waals surface area contributed by atoms with Crippen LogP contribution in [0.15, 0.2) is 77.6 Å². The number of ether oxygens (including phenoxy) is 1. The highest BCUT2D eigenvalue weighted by molar-refractivity contribution is 6.11. The summed E-state index contributed by atoms with van der Waals surface area (Å²) in [4.78, 5) is 24.8. The standard InChI is InChI=1S/C23H19N3O3/c1-29-20-12-11-17(14-16(20)13-15-7-3-2-4-8-15)24-23(28)21-18-9-5-6-10-19(18)22(27)26-25-21/h2-12,14H,13H2,1H3,(H,24,28)(H,26,27). The van der Waals surface area contributed by atoms with Crippen molar-refractivity contribution in [3.63, 3.8) is 0 Å². The van der Waals surface area contributed by atoms with E-state index in [0.717, 1.165) is 16.9 Å². The normalized spacial score (nSPS) is 10.7. The Balaban J connectivity index is 1.65. The average molecular weight is 385 g/mol. The van der Waals surface area contributed by atoms with Crippen LogP contribution in [0.1, 0.15) is 21.6 Å². The van der Waals surface area contributed by atoms with Gasteiger partial charge in [-0.25, -0.2) is 5.10 Å². The van der Waals surface area contributed by atoms with Crippen LogP contribution in [-0.2, 0) is 6.42 Å². The van der Waals surface area contributed by atoms with Crippen molar-refractivity contribution in [2.45, 2.75) is 6.42 Å². The minimum atomic E-state index is -0.395. The van der Waals surface area contributed by atoms with E-state index < -0.39 is 5.91 Å². The van der Waals surface area contributed by atoms with Crippen LogP contribution in [0.25, 0.3) is 10.8 Å². The molecule has 0 aliphatic rings. The van der Waals surface area contributed by atoms with Gasteiger partial charge in [0.15, 0.2) is 5.69 Å². The molecule has 6 nitrogen and oxygen atoms in total. The van der Waals surface area contributed by atoms with E-state index in [4.69, 9.17) is 4.74 Å². The number of anilines is 1. The van der Waals surface area contributed by atoms with E-state index in [9.17, 15) is 9.59 Å². The Morgan fingerprint density at radius 2 is 1.72 bits per heavy atom. The zero-order valence-electron chi connectivity index (χ0n) is 15.8. The smallest absolute Gasteiger partial charge is 0.276 e. The lowest BCUT2D eigenvalue weighted by Crippen LogP contribution is -2.19. The Bertz CT molecular complexity index is 1230. The molecule has 0 bridgehead atoms. The van der Waals surface area contributed by atoms with Gasteiger partial charge in [0, 0.05) is 23.1 Å². The van der Waals surface area contributed by atoms with Crippen LogP contribution >= 0.6 is 0 Å². The maximum Gasteiger partial charge on any atom is 0.276 e. The van der Waals surface area contributed by atoms with Crippen molar-refractivity contribution < 1.29 is 9.53 Å². The lowest BCUT2D eigenvalue weighted by molar-refractivity contribution is 0.102. The second-order valence-corrected chi connectivity index (χ2v) is 6.59. The first-order valence-corrected chi connectivity index (χ1v) is 9.15. The van der Waals surface area contributed by atoms with Crippen molar-refractivity contribution in [2.75, 3.05) is 12.4 Å². The molecular weight excluding hydrogens is 366 g/mol. The number of methoxy groups -OCH3 is 1. The molecule has 1 heterocycles. The van der Waals surface area contributed by atoms with Crippen molar-refractivity contribution >= 4 is 22.4 Å². The minimum Gasteiger partial charge on any atom is -0.496 e. The molecule has 0 spiro atoms. The molecule has 0 saturated carbocycles. The zero-order valence-corrected chi connectivity index (χ0v) is 15.8. The van der Waals surface area contributed by atoms with E-state index in [1.54, 1.807) is 37.4 Å². The molecule has 144 valence electrons. The van der Waals surface area contributed by atoms with Crippen LogP contribution in [0.3, 0.4) is 0 Å². The van der Waals surface area contributed by atoms with Crippen LogP contribution in [-0.4, -0.2) is 23.2 Å². The number of carbonyl (C=O) groups is 1. The fourth-order valence-corrected chi connectivity index (χ4v) is 3.29. The Kier molecular flexibility index (Phi) is 5.07. The zero-order chi connectivity index (χ0) is 20.2. The van der Waals surface area contributed by atoms with Gasteiger partial charge in [-0.05, 0) is 29.8 Å². The number of nitrogens with zero attached hydrogens (tertiary/aromatic N) is 1. The first kappa shape index (κ1) is 18.4. The number of fused-ring (bicyclic) bond motifs is 1. The number of aromatic amines is 1. The quantitative estimate of drug-likeness (QED) is 0.548. The van der Waals surface area contributed by atoms with Crippen LogP contribution in [0.4, 0.5) is 5.69 Å².